The first-order valence-corrected chi connectivity index (χ1v) is 11.2. The van der Waals surface area contributed by atoms with Crippen LogP contribution in [0.15, 0.2) is 39.9 Å². The molecule has 1 heterocycles. The van der Waals surface area contributed by atoms with E-state index in [-0.39, 0.29) is 24.0 Å². The number of rotatable bonds is 7. The van der Waals surface area contributed by atoms with E-state index in [9.17, 15) is 4.79 Å². The van der Waals surface area contributed by atoms with Crippen molar-refractivity contribution < 1.29 is 4.65 Å². The van der Waals surface area contributed by atoms with Gasteiger partial charge >= 0.3 is 6.92 Å². The van der Waals surface area contributed by atoms with E-state index in [2.05, 4.69) is 66.2 Å². The first kappa shape index (κ1) is 21.3. The highest BCUT2D eigenvalue weighted by Crippen LogP contribution is 2.38. The fourth-order valence-electron chi connectivity index (χ4n) is 3.52. The maximum Gasteiger partial charge on any atom is 0.323 e. The molecule has 150 valence electrons. The maximum atomic E-state index is 13.3. The number of hydrogen-bond donors (Lipinski definition) is 0. The Kier molecular flexibility index (Phi) is 6.16. The van der Waals surface area contributed by atoms with Gasteiger partial charge < -0.3 is 9.22 Å². The van der Waals surface area contributed by atoms with Crippen molar-refractivity contribution in [3.8, 4) is 0 Å². The van der Waals surface area contributed by atoms with Crippen molar-refractivity contribution in [2.45, 2.75) is 77.7 Å². The first-order chi connectivity index (χ1) is 13.2. The summed E-state index contributed by atoms with van der Waals surface area (Å²) in [5, 5.41) is 2.97. The Labute approximate surface area is 173 Å². The number of hydrogen-bond acceptors (Lipinski definition) is 3. The molecule has 1 aromatic heterocycles. The van der Waals surface area contributed by atoms with Crippen molar-refractivity contribution in [2.24, 2.45) is 5.41 Å². The third-order valence-electron chi connectivity index (χ3n) is 5.84. The van der Waals surface area contributed by atoms with Crippen LogP contribution in [0.3, 0.4) is 0 Å². The Bertz CT molecular complexity index is 940. The van der Waals surface area contributed by atoms with Crippen LogP contribution in [0.1, 0.15) is 59.1 Å². The lowest BCUT2D eigenvalue weighted by Crippen LogP contribution is -2.38. The van der Waals surface area contributed by atoms with E-state index in [0.29, 0.717) is 6.04 Å². The molecule has 1 aliphatic rings. The minimum absolute atomic E-state index is 0.0252. The zero-order valence-electron chi connectivity index (χ0n) is 18.0. The SMILES string of the molecule is C=CSc1c(CC)c(=O)n(C2CC2)c2cc(B(C)OC(C)C(C)(C)C)ccc12. The van der Waals surface area contributed by atoms with Gasteiger partial charge in [0.05, 0.1) is 5.52 Å². The zero-order chi connectivity index (χ0) is 20.6. The van der Waals surface area contributed by atoms with Crippen LogP contribution in [-0.4, -0.2) is 17.6 Å². The minimum Gasteiger partial charge on any atom is -0.428 e. The monoisotopic (exact) mass is 397 g/mol. The van der Waals surface area contributed by atoms with Crippen molar-refractivity contribution in [1.29, 1.82) is 0 Å². The van der Waals surface area contributed by atoms with E-state index in [0.717, 1.165) is 46.1 Å². The van der Waals surface area contributed by atoms with Gasteiger partial charge in [-0.15, -0.1) is 0 Å². The summed E-state index contributed by atoms with van der Waals surface area (Å²) in [6.45, 7) is 16.7. The molecule has 1 fully saturated rings. The molecule has 0 N–H and O–H groups in total. The average Bonchev–Trinajstić information content (AvgIpc) is 3.45. The van der Waals surface area contributed by atoms with Crippen molar-refractivity contribution >= 4 is 35.0 Å². The molecular weight excluding hydrogens is 365 g/mol. The molecule has 0 spiro atoms. The Morgan fingerprint density at radius 1 is 1.39 bits per heavy atom. The molecule has 1 aliphatic carbocycles. The van der Waals surface area contributed by atoms with Crippen LogP contribution in [0.2, 0.25) is 6.82 Å². The summed E-state index contributed by atoms with van der Waals surface area (Å²) in [4.78, 5) is 14.3. The van der Waals surface area contributed by atoms with E-state index in [4.69, 9.17) is 4.65 Å². The number of benzene rings is 1. The molecule has 0 amide bonds. The second kappa shape index (κ2) is 8.12. The molecule has 3 nitrogen and oxygen atoms in total. The van der Waals surface area contributed by atoms with Crippen LogP contribution >= 0.6 is 11.8 Å². The van der Waals surface area contributed by atoms with Gasteiger partial charge in [0.25, 0.3) is 5.56 Å². The van der Waals surface area contributed by atoms with Gasteiger partial charge in [-0.05, 0) is 48.5 Å². The van der Waals surface area contributed by atoms with E-state index in [1.165, 1.54) is 0 Å². The lowest BCUT2D eigenvalue weighted by Gasteiger charge is -2.30. The number of fused-ring (bicyclic) bond motifs is 1. The largest absolute Gasteiger partial charge is 0.428 e. The molecule has 1 unspecified atom stereocenters. The summed E-state index contributed by atoms with van der Waals surface area (Å²) in [6.07, 6.45) is 3.05. The van der Waals surface area contributed by atoms with Gasteiger partial charge in [-0.3, -0.25) is 4.79 Å². The molecule has 5 heteroatoms. The van der Waals surface area contributed by atoms with Gasteiger partial charge in [-0.2, -0.15) is 0 Å². The van der Waals surface area contributed by atoms with Crippen molar-refractivity contribution in [3.05, 3.63) is 46.1 Å². The summed E-state index contributed by atoms with van der Waals surface area (Å²) in [5.74, 6) is 0. The van der Waals surface area contributed by atoms with Crippen LogP contribution < -0.4 is 11.0 Å². The second-order valence-corrected chi connectivity index (χ2v) is 9.89. The third-order valence-corrected chi connectivity index (χ3v) is 6.71. The smallest absolute Gasteiger partial charge is 0.323 e. The van der Waals surface area contributed by atoms with Gasteiger partial charge in [-0.25, -0.2) is 0 Å². The molecule has 0 bridgehead atoms. The Hall–Kier alpha value is -1.46. The maximum absolute atomic E-state index is 13.3. The predicted octanol–water partition coefficient (Wildman–Crippen LogP) is 5.41. The van der Waals surface area contributed by atoms with Crippen molar-refractivity contribution in [2.75, 3.05) is 0 Å². The molecular formula is C23H32BNO2S. The Morgan fingerprint density at radius 3 is 2.61 bits per heavy atom. The first-order valence-electron chi connectivity index (χ1n) is 10.3. The van der Waals surface area contributed by atoms with E-state index in [1.807, 2.05) is 9.98 Å². The van der Waals surface area contributed by atoms with Crippen LogP contribution in [0.25, 0.3) is 10.9 Å². The quantitative estimate of drug-likeness (QED) is 0.462. The standard InChI is InChI=1S/C23H32BNO2S/c1-8-18-21(28-9-2)19-13-10-16(24(7)27-15(3)23(4,5)6)14-20(19)25(22(18)26)17-11-12-17/h9-10,13-15,17H,2,8,11-12H2,1,3-7H3. The minimum atomic E-state index is -0.0252. The third kappa shape index (κ3) is 4.11. The number of nitrogens with zero attached hydrogens (tertiary/aromatic N) is 1. The summed E-state index contributed by atoms with van der Waals surface area (Å²) in [7, 11) is 0. The van der Waals surface area contributed by atoms with E-state index < -0.39 is 0 Å². The molecule has 0 radical (unpaired) electrons. The van der Waals surface area contributed by atoms with Gasteiger partial charge in [0.1, 0.15) is 0 Å². The fourth-order valence-corrected chi connectivity index (χ4v) is 4.36. The second-order valence-electron chi connectivity index (χ2n) is 8.92. The summed E-state index contributed by atoms with van der Waals surface area (Å²) in [6, 6.07) is 6.82. The van der Waals surface area contributed by atoms with Gasteiger partial charge in [-0.1, -0.05) is 65.0 Å². The molecule has 1 saturated carbocycles. The molecule has 1 atom stereocenters. The molecule has 2 aromatic rings. The van der Waals surface area contributed by atoms with Crippen LogP contribution in [-0.2, 0) is 11.1 Å². The highest BCUT2D eigenvalue weighted by molar-refractivity contribution is 8.02. The van der Waals surface area contributed by atoms with Gasteiger partial charge in [0, 0.05) is 28.0 Å². The number of aromatic nitrogens is 1. The lowest BCUT2D eigenvalue weighted by atomic mass is 9.63. The predicted molar refractivity (Wildman–Crippen MR) is 123 cm³/mol. The number of pyridine rings is 1. The normalized spacial score (nSPS) is 15.6. The van der Waals surface area contributed by atoms with Crippen LogP contribution in [0.4, 0.5) is 0 Å². The fraction of sp³-hybridized carbons (Fsp3) is 0.522. The Balaban J connectivity index is 2.13. The molecule has 28 heavy (non-hydrogen) atoms. The van der Waals surface area contributed by atoms with E-state index in [1.54, 1.807) is 11.8 Å². The summed E-state index contributed by atoms with van der Waals surface area (Å²) < 4.78 is 8.34. The molecule has 1 aromatic carbocycles. The van der Waals surface area contributed by atoms with Crippen molar-refractivity contribution in [3.63, 3.8) is 0 Å². The summed E-state index contributed by atoms with van der Waals surface area (Å²) in [5.41, 5.74) is 3.31. The zero-order valence-corrected chi connectivity index (χ0v) is 18.9. The van der Waals surface area contributed by atoms with Crippen LogP contribution in [0, 0.1) is 5.41 Å². The molecule has 0 aliphatic heterocycles. The van der Waals surface area contributed by atoms with Crippen molar-refractivity contribution in [1.82, 2.24) is 4.57 Å². The summed E-state index contributed by atoms with van der Waals surface area (Å²) >= 11 is 1.56. The molecule has 3 rings (SSSR count). The lowest BCUT2D eigenvalue weighted by molar-refractivity contribution is 0.105. The Morgan fingerprint density at radius 2 is 2.07 bits per heavy atom. The van der Waals surface area contributed by atoms with E-state index >= 15 is 0 Å². The average molecular weight is 397 g/mol. The highest BCUT2D eigenvalue weighted by atomic mass is 32.2. The highest BCUT2D eigenvalue weighted by Gasteiger charge is 2.30. The van der Waals surface area contributed by atoms with Crippen LogP contribution in [0.5, 0.6) is 0 Å². The topological polar surface area (TPSA) is 31.2 Å². The number of thioether (sulfide) groups is 1. The van der Waals surface area contributed by atoms with Gasteiger partial charge in [0.2, 0.25) is 0 Å². The molecule has 0 saturated heterocycles. The van der Waals surface area contributed by atoms with Gasteiger partial charge in [0.15, 0.2) is 0 Å².